The summed E-state index contributed by atoms with van der Waals surface area (Å²) in [6.07, 6.45) is 0. The second kappa shape index (κ2) is 5.85. The number of nitrogens with two attached hydrogens (primary N) is 1. The standard InChI is InChI=1S/C13H10ClFN2O3/c14-9-2-1-8(7-16)13(5-9)20-12-4-3-10(15)6-11(12)17(18)19/h1-6H,7,16H2. The molecule has 2 aromatic carbocycles. The first-order valence-electron chi connectivity index (χ1n) is 5.61. The Hall–Kier alpha value is -2.18. The summed E-state index contributed by atoms with van der Waals surface area (Å²) in [5, 5.41) is 11.3. The Kier molecular flexibility index (Phi) is 4.16. The minimum Gasteiger partial charge on any atom is -0.450 e. The molecule has 2 rings (SSSR count). The van der Waals surface area contributed by atoms with E-state index in [1.54, 1.807) is 12.1 Å². The Balaban J connectivity index is 2.44. The maximum absolute atomic E-state index is 13.1. The van der Waals surface area contributed by atoms with E-state index >= 15 is 0 Å². The van der Waals surface area contributed by atoms with Crippen LogP contribution < -0.4 is 10.5 Å². The molecule has 0 aliphatic heterocycles. The second-order valence-electron chi connectivity index (χ2n) is 3.93. The van der Waals surface area contributed by atoms with E-state index in [1.165, 1.54) is 12.1 Å². The summed E-state index contributed by atoms with van der Waals surface area (Å²) in [5.74, 6) is -0.489. The SMILES string of the molecule is NCc1ccc(Cl)cc1Oc1ccc(F)cc1[N+](=O)[O-]. The Morgan fingerprint density at radius 1 is 1.25 bits per heavy atom. The average molecular weight is 297 g/mol. The lowest BCUT2D eigenvalue weighted by Gasteiger charge is -2.10. The lowest BCUT2D eigenvalue weighted by atomic mass is 10.2. The molecule has 2 aromatic rings. The Labute approximate surface area is 118 Å². The van der Waals surface area contributed by atoms with Gasteiger partial charge in [0, 0.05) is 17.1 Å². The molecule has 0 bridgehead atoms. The van der Waals surface area contributed by atoms with Crippen molar-refractivity contribution in [2.45, 2.75) is 6.54 Å². The minimum absolute atomic E-state index is 0.0756. The van der Waals surface area contributed by atoms with Crippen LogP contribution in [0.3, 0.4) is 0 Å². The van der Waals surface area contributed by atoms with Gasteiger partial charge < -0.3 is 10.5 Å². The molecular weight excluding hydrogens is 287 g/mol. The maximum Gasteiger partial charge on any atom is 0.314 e. The van der Waals surface area contributed by atoms with Crippen molar-refractivity contribution in [3.63, 3.8) is 0 Å². The van der Waals surface area contributed by atoms with Gasteiger partial charge in [0.2, 0.25) is 5.75 Å². The second-order valence-corrected chi connectivity index (χ2v) is 4.36. The molecule has 104 valence electrons. The molecule has 20 heavy (non-hydrogen) atoms. The molecule has 0 atom stereocenters. The van der Waals surface area contributed by atoms with E-state index in [9.17, 15) is 14.5 Å². The highest BCUT2D eigenvalue weighted by Crippen LogP contribution is 2.34. The molecule has 0 saturated carbocycles. The number of nitro benzene ring substituents is 1. The van der Waals surface area contributed by atoms with Crippen LogP contribution in [0.25, 0.3) is 0 Å². The van der Waals surface area contributed by atoms with Crippen molar-refractivity contribution in [2.24, 2.45) is 5.73 Å². The van der Waals surface area contributed by atoms with Gasteiger partial charge in [0.15, 0.2) is 0 Å². The van der Waals surface area contributed by atoms with E-state index in [4.69, 9.17) is 22.1 Å². The van der Waals surface area contributed by atoms with Crippen molar-refractivity contribution in [2.75, 3.05) is 0 Å². The fourth-order valence-electron chi connectivity index (χ4n) is 1.63. The number of hydrogen-bond donors (Lipinski definition) is 1. The Morgan fingerprint density at radius 2 is 2.00 bits per heavy atom. The third kappa shape index (κ3) is 3.04. The van der Waals surface area contributed by atoms with Crippen LogP contribution in [0.1, 0.15) is 5.56 Å². The number of nitrogens with zero attached hydrogens (tertiary/aromatic N) is 1. The number of rotatable bonds is 4. The molecule has 7 heteroatoms. The molecule has 0 amide bonds. The van der Waals surface area contributed by atoms with E-state index in [0.717, 1.165) is 12.1 Å². The minimum atomic E-state index is -0.717. The molecule has 0 unspecified atom stereocenters. The lowest BCUT2D eigenvalue weighted by molar-refractivity contribution is -0.385. The quantitative estimate of drug-likeness (QED) is 0.690. The zero-order chi connectivity index (χ0) is 14.7. The molecule has 0 spiro atoms. The van der Waals surface area contributed by atoms with Crippen molar-refractivity contribution < 1.29 is 14.1 Å². The normalized spacial score (nSPS) is 10.3. The van der Waals surface area contributed by atoms with Crippen LogP contribution in [0.5, 0.6) is 11.5 Å². The third-order valence-corrected chi connectivity index (χ3v) is 2.82. The molecule has 0 aliphatic carbocycles. The average Bonchev–Trinajstić information content (AvgIpc) is 2.41. The van der Waals surface area contributed by atoms with Gasteiger partial charge in [0.05, 0.1) is 11.0 Å². The fraction of sp³-hybridized carbons (Fsp3) is 0.0769. The monoisotopic (exact) mass is 296 g/mol. The zero-order valence-corrected chi connectivity index (χ0v) is 10.9. The summed E-state index contributed by atoms with van der Waals surface area (Å²) >= 11 is 5.85. The van der Waals surface area contributed by atoms with Crippen LogP contribution in [0, 0.1) is 15.9 Å². The van der Waals surface area contributed by atoms with E-state index in [-0.39, 0.29) is 12.3 Å². The first kappa shape index (κ1) is 14.2. The molecule has 0 aromatic heterocycles. The molecule has 2 N–H and O–H groups in total. The summed E-state index contributed by atoms with van der Waals surface area (Å²) < 4.78 is 18.5. The lowest BCUT2D eigenvalue weighted by Crippen LogP contribution is -2.00. The summed E-state index contributed by atoms with van der Waals surface area (Å²) in [6.45, 7) is 0.182. The molecule has 0 radical (unpaired) electrons. The molecule has 5 nitrogen and oxygen atoms in total. The van der Waals surface area contributed by atoms with Crippen LogP contribution in [0.15, 0.2) is 36.4 Å². The van der Waals surface area contributed by atoms with Gasteiger partial charge in [-0.05, 0) is 24.3 Å². The van der Waals surface area contributed by atoms with E-state index in [0.29, 0.717) is 16.3 Å². The summed E-state index contributed by atoms with van der Waals surface area (Å²) in [7, 11) is 0. The molecule has 0 fully saturated rings. The summed E-state index contributed by atoms with van der Waals surface area (Å²) in [4.78, 5) is 10.2. The van der Waals surface area contributed by atoms with Crippen LogP contribution in [0.2, 0.25) is 5.02 Å². The Bertz CT molecular complexity index is 664. The highest BCUT2D eigenvalue weighted by Gasteiger charge is 2.18. The third-order valence-electron chi connectivity index (χ3n) is 2.59. The fourth-order valence-corrected chi connectivity index (χ4v) is 1.79. The van der Waals surface area contributed by atoms with Gasteiger partial charge in [-0.2, -0.15) is 0 Å². The highest BCUT2D eigenvalue weighted by molar-refractivity contribution is 6.30. The van der Waals surface area contributed by atoms with E-state index in [2.05, 4.69) is 0 Å². The highest BCUT2D eigenvalue weighted by atomic mass is 35.5. The number of ether oxygens (including phenoxy) is 1. The van der Waals surface area contributed by atoms with Crippen molar-refractivity contribution in [1.29, 1.82) is 0 Å². The molecule has 0 aliphatic rings. The summed E-state index contributed by atoms with van der Waals surface area (Å²) in [5.41, 5.74) is 5.73. The topological polar surface area (TPSA) is 78.4 Å². The first-order valence-corrected chi connectivity index (χ1v) is 5.99. The van der Waals surface area contributed by atoms with Crippen molar-refractivity contribution in [3.8, 4) is 11.5 Å². The smallest absolute Gasteiger partial charge is 0.314 e. The van der Waals surface area contributed by atoms with Crippen LogP contribution >= 0.6 is 11.6 Å². The number of nitro groups is 1. The van der Waals surface area contributed by atoms with Crippen LogP contribution in [-0.4, -0.2) is 4.92 Å². The number of halogens is 2. The van der Waals surface area contributed by atoms with E-state index in [1.807, 2.05) is 0 Å². The largest absolute Gasteiger partial charge is 0.450 e. The zero-order valence-electron chi connectivity index (χ0n) is 10.2. The van der Waals surface area contributed by atoms with Crippen LogP contribution in [-0.2, 0) is 6.54 Å². The maximum atomic E-state index is 13.1. The van der Waals surface area contributed by atoms with Gasteiger partial charge in [-0.25, -0.2) is 4.39 Å². The van der Waals surface area contributed by atoms with Gasteiger partial charge in [-0.15, -0.1) is 0 Å². The van der Waals surface area contributed by atoms with Gasteiger partial charge in [0.1, 0.15) is 11.6 Å². The Morgan fingerprint density at radius 3 is 2.65 bits per heavy atom. The predicted octanol–water partition coefficient (Wildman–Crippen LogP) is 3.64. The van der Waals surface area contributed by atoms with Crippen molar-refractivity contribution >= 4 is 17.3 Å². The van der Waals surface area contributed by atoms with Gasteiger partial charge in [-0.1, -0.05) is 17.7 Å². The first-order chi connectivity index (χ1) is 9.51. The molecule has 0 saturated heterocycles. The number of hydrogen-bond acceptors (Lipinski definition) is 4. The predicted molar refractivity (Wildman–Crippen MR) is 72.5 cm³/mol. The van der Waals surface area contributed by atoms with Gasteiger partial charge >= 0.3 is 5.69 Å². The van der Waals surface area contributed by atoms with Crippen LogP contribution in [0.4, 0.5) is 10.1 Å². The number of benzene rings is 2. The molecular formula is C13H10ClFN2O3. The van der Waals surface area contributed by atoms with E-state index < -0.39 is 16.4 Å². The van der Waals surface area contributed by atoms with Crippen molar-refractivity contribution in [1.82, 2.24) is 0 Å². The van der Waals surface area contributed by atoms with Crippen molar-refractivity contribution in [3.05, 3.63) is 62.9 Å². The summed E-state index contributed by atoms with van der Waals surface area (Å²) in [6, 6.07) is 7.85. The van der Waals surface area contributed by atoms with Gasteiger partial charge in [-0.3, -0.25) is 10.1 Å². The molecule has 0 heterocycles. The van der Waals surface area contributed by atoms with Gasteiger partial charge in [0.25, 0.3) is 0 Å².